The van der Waals surface area contributed by atoms with Crippen LogP contribution in [0, 0.1) is 5.82 Å². The molecule has 1 atom stereocenters. The molecule has 0 radical (unpaired) electrons. The Morgan fingerprint density at radius 1 is 1.35 bits per heavy atom. The van der Waals surface area contributed by atoms with Crippen LogP contribution < -0.4 is 5.32 Å². The summed E-state index contributed by atoms with van der Waals surface area (Å²) in [6.07, 6.45) is 4.83. The number of rotatable bonds is 2. The van der Waals surface area contributed by atoms with E-state index in [-0.39, 0.29) is 5.82 Å². The third-order valence-corrected chi connectivity index (χ3v) is 3.28. The second-order valence-electron chi connectivity index (χ2n) is 4.48. The fraction of sp³-hybridized carbons (Fsp3) is 0.385. The molecule has 1 aromatic heterocycles. The van der Waals surface area contributed by atoms with Crippen LogP contribution in [0.25, 0.3) is 10.9 Å². The Labute approximate surface area is 99.1 Å². The molecule has 3 rings (SSSR count). The maximum atomic E-state index is 13.1. The van der Waals surface area contributed by atoms with Crippen molar-refractivity contribution in [3.05, 3.63) is 36.0 Å². The summed E-state index contributed by atoms with van der Waals surface area (Å²) >= 11 is 0. The Morgan fingerprint density at radius 2 is 2.29 bits per heavy atom. The lowest BCUT2D eigenvalue weighted by atomic mass is 10.1. The van der Waals surface area contributed by atoms with Gasteiger partial charge in [0.15, 0.2) is 0 Å². The van der Waals surface area contributed by atoms with Crippen LogP contribution in [-0.2, 0) is 6.42 Å². The van der Waals surface area contributed by atoms with E-state index >= 15 is 0 Å². The summed E-state index contributed by atoms with van der Waals surface area (Å²) < 4.78 is 13.1. The Balaban J connectivity index is 1.97. The van der Waals surface area contributed by atoms with E-state index in [4.69, 9.17) is 0 Å². The average Bonchev–Trinajstić information content (AvgIpc) is 2.82. The van der Waals surface area contributed by atoms with Crippen LogP contribution in [0.4, 0.5) is 4.39 Å². The van der Waals surface area contributed by atoms with Crippen LogP contribution in [0.3, 0.4) is 0 Å². The molecular formula is C13H14FN3. The maximum Gasteiger partial charge on any atom is 0.125 e. The second kappa shape index (κ2) is 4.37. The zero-order chi connectivity index (χ0) is 11.7. The quantitative estimate of drug-likeness (QED) is 0.859. The molecule has 1 fully saturated rings. The van der Waals surface area contributed by atoms with Gasteiger partial charge in [-0.05, 0) is 31.5 Å². The van der Waals surface area contributed by atoms with Crippen molar-refractivity contribution >= 4 is 10.9 Å². The second-order valence-corrected chi connectivity index (χ2v) is 4.48. The highest BCUT2D eigenvalue weighted by molar-refractivity contribution is 5.80. The highest BCUT2D eigenvalue weighted by Gasteiger charge is 2.16. The van der Waals surface area contributed by atoms with Gasteiger partial charge in [0.25, 0.3) is 0 Å². The van der Waals surface area contributed by atoms with Crippen LogP contribution in [0.5, 0.6) is 0 Å². The van der Waals surface area contributed by atoms with E-state index in [1.54, 1.807) is 6.07 Å². The highest BCUT2D eigenvalue weighted by atomic mass is 19.1. The zero-order valence-corrected chi connectivity index (χ0v) is 9.49. The van der Waals surface area contributed by atoms with Gasteiger partial charge in [-0.2, -0.15) is 0 Å². The summed E-state index contributed by atoms with van der Waals surface area (Å²) in [5, 5.41) is 4.41. The molecule has 1 unspecified atom stereocenters. The van der Waals surface area contributed by atoms with Crippen molar-refractivity contribution in [3.63, 3.8) is 0 Å². The molecule has 1 N–H and O–H groups in total. The summed E-state index contributed by atoms with van der Waals surface area (Å²) in [6.45, 7) is 1.09. The Morgan fingerprint density at radius 3 is 3.12 bits per heavy atom. The van der Waals surface area contributed by atoms with Crippen molar-refractivity contribution in [2.24, 2.45) is 0 Å². The van der Waals surface area contributed by atoms with Crippen LogP contribution >= 0.6 is 0 Å². The Kier molecular flexibility index (Phi) is 2.73. The van der Waals surface area contributed by atoms with Crippen molar-refractivity contribution < 1.29 is 4.39 Å². The third kappa shape index (κ3) is 2.13. The van der Waals surface area contributed by atoms with Crippen molar-refractivity contribution in [1.29, 1.82) is 0 Å². The molecule has 1 aliphatic rings. The number of hydrogen-bond acceptors (Lipinski definition) is 3. The van der Waals surface area contributed by atoms with Gasteiger partial charge in [0, 0.05) is 23.9 Å². The third-order valence-electron chi connectivity index (χ3n) is 3.28. The normalized spacial score (nSPS) is 19.9. The molecule has 0 amide bonds. The van der Waals surface area contributed by atoms with Crippen molar-refractivity contribution in [3.8, 4) is 0 Å². The van der Waals surface area contributed by atoms with E-state index in [0.717, 1.165) is 24.0 Å². The first-order valence-corrected chi connectivity index (χ1v) is 5.95. The van der Waals surface area contributed by atoms with Crippen LogP contribution in [0.15, 0.2) is 24.5 Å². The molecule has 0 aliphatic carbocycles. The Hall–Kier alpha value is -1.55. The largest absolute Gasteiger partial charge is 0.314 e. The van der Waals surface area contributed by atoms with Crippen LogP contribution in [0.2, 0.25) is 0 Å². The van der Waals surface area contributed by atoms with Gasteiger partial charge in [0.05, 0.1) is 11.2 Å². The minimum Gasteiger partial charge on any atom is -0.314 e. The number of hydrogen-bond donors (Lipinski definition) is 1. The number of nitrogens with zero attached hydrogens (tertiary/aromatic N) is 2. The van der Waals surface area contributed by atoms with Crippen molar-refractivity contribution in [2.45, 2.75) is 25.3 Å². The zero-order valence-electron chi connectivity index (χ0n) is 9.49. The maximum absolute atomic E-state index is 13.1. The van der Waals surface area contributed by atoms with Gasteiger partial charge >= 0.3 is 0 Å². The minimum absolute atomic E-state index is 0.249. The molecule has 4 heteroatoms. The summed E-state index contributed by atoms with van der Waals surface area (Å²) in [6, 6.07) is 5.20. The number of aromatic nitrogens is 2. The SMILES string of the molecule is Fc1ccc2c(CC3CCCN3)ncnc2c1. The van der Waals surface area contributed by atoms with Gasteiger partial charge in [0.1, 0.15) is 12.1 Å². The smallest absolute Gasteiger partial charge is 0.125 e. The Bertz CT molecular complexity index is 535. The van der Waals surface area contributed by atoms with E-state index in [1.807, 2.05) is 0 Å². The summed E-state index contributed by atoms with van der Waals surface area (Å²) in [5.41, 5.74) is 1.70. The first-order chi connectivity index (χ1) is 8.33. The van der Waals surface area contributed by atoms with Gasteiger partial charge < -0.3 is 5.32 Å². The monoisotopic (exact) mass is 231 g/mol. The topological polar surface area (TPSA) is 37.8 Å². The molecule has 88 valence electrons. The molecule has 17 heavy (non-hydrogen) atoms. The summed E-state index contributed by atoms with van der Waals surface area (Å²) in [4.78, 5) is 8.43. The number of nitrogens with one attached hydrogen (secondary N) is 1. The lowest BCUT2D eigenvalue weighted by Crippen LogP contribution is -2.24. The lowest BCUT2D eigenvalue weighted by molar-refractivity contribution is 0.597. The summed E-state index contributed by atoms with van der Waals surface area (Å²) in [5.74, 6) is -0.249. The van der Waals surface area contributed by atoms with Crippen LogP contribution in [-0.4, -0.2) is 22.6 Å². The van der Waals surface area contributed by atoms with E-state index in [1.165, 1.54) is 31.3 Å². The number of halogens is 1. The molecule has 2 heterocycles. The lowest BCUT2D eigenvalue weighted by Gasteiger charge is -2.10. The molecule has 1 saturated heterocycles. The summed E-state index contributed by atoms with van der Waals surface area (Å²) in [7, 11) is 0. The van der Waals surface area contributed by atoms with Gasteiger partial charge in [-0.1, -0.05) is 0 Å². The standard InChI is InChI=1S/C13H14FN3/c14-9-3-4-11-12(6-9)16-8-17-13(11)7-10-2-1-5-15-10/h3-4,6,8,10,15H,1-2,5,7H2. The fourth-order valence-electron chi connectivity index (χ4n) is 2.41. The van der Waals surface area contributed by atoms with Crippen LogP contribution in [0.1, 0.15) is 18.5 Å². The number of fused-ring (bicyclic) bond motifs is 1. The molecule has 0 spiro atoms. The average molecular weight is 231 g/mol. The van der Waals surface area contributed by atoms with Gasteiger partial charge in [-0.3, -0.25) is 0 Å². The first kappa shape index (κ1) is 10.6. The molecular weight excluding hydrogens is 217 g/mol. The molecule has 2 aromatic rings. The predicted molar refractivity (Wildman–Crippen MR) is 64.2 cm³/mol. The number of benzene rings is 1. The van der Waals surface area contributed by atoms with Gasteiger partial charge in [-0.15, -0.1) is 0 Å². The van der Waals surface area contributed by atoms with E-state index in [9.17, 15) is 4.39 Å². The highest BCUT2D eigenvalue weighted by Crippen LogP contribution is 2.19. The molecule has 0 saturated carbocycles. The molecule has 1 aromatic carbocycles. The fourth-order valence-corrected chi connectivity index (χ4v) is 2.41. The van der Waals surface area contributed by atoms with E-state index in [2.05, 4.69) is 15.3 Å². The molecule has 0 bridgehead atoms. The molecule has 3 nitrogen and oxygen atoms in total. The van der Waals surface area contributed by atoms with Gasteiger partial charge in [-0.25, -0.2) is 14.4 Å². The minimum atomic E-state index is -0.249. The molecule has 1 aliphatic heterocycles. The predicted octanol–water partition coefficient (Wildman–Crippen LogP) is 2.06. The first-order valence-electron chi connectivity index (χ1n) is 5.95. The van der Waals surface area contributed by atoms with Gasteiger partial charge in [0.2, 0.25) is 0 Å². The van der Waals surface area contributed by atoms with E-state index in [0.29, 0.717) is 11.6 Å². The van der Waals surface area contributed by atoms with Crippen molar-refractivity contribution in [2.75, 3.05) is 6.54 Å². The van der Waals surface area contributed by atoms with E-state index < -0.39 is 0 Å². The van der Waals surface area contributed by atoms with Crippen molar-refractivity contribution in [1.82, 2.24) is 15.3 Å².